The number of piperidine rings is 1. The molecule has 1 heterocycles. The average molecular weight is 380 g/mol. The second kappa shape index (κ2) is 10.5. The van der Waals surface area contributed by atoms with Crippen LogP contribution in [-0.4, -0.2) is 42.4 Å². The fraction of sp³-hybridized carbons (Fsp3) is 0.600. The van der Waals surface area contributed by atoms with Crippen molar-refractivity contribution in [1.82, 2.24) is 10.2 Å². The van der Waals surface area contributed by atoms with Crippen LogP contribution in [0.4, 0.5) is 5.69 Å². The van der Waals surface area contributed by atoms with E-state index in [1.807, 2.05) is 0 Å². The van der Waals surface area contributed by atoms with E-state index in [1.165, 1.54) is 0 Å². The molecule has 2 rings (SSSR count). The highest BCUT2D eigenvalue weighted by atomic mass is 35.5. The number of likely N-dealkylation sites (tertiary alicyclic amines) is 1. The van der Waals surface area contributed by atoms with Crippen LogP contribution in [0.15, 0.2) is 24.3 Å². The Morgan fingerprint density at radius 2 is 2.04 bits per heavy atom. The van der Waals surface area contributed by atoms with E-state index in [9.17, 15) is 9.59 Å². The van der Waals surface area contributed by atoms with E-state index in [1.54, 1.807) is 24.3 Å². The Morgan fingerprint density at radius 1 is 1.31 bits per heavy atom. The van der Waals surface area contributed by atoms with Crippen molar-refractivity contribution in [3.63, 3.8) is 0 Å². The first-order valence-electron chi connectivity index (χ1n) is 9.56. The zero-order chi connectivity index (χ0) is 18.9. The number of carbonyl (C=O) groups is 2. The summed E-state index contributed by atoms with van der Waals surface area (Å²) in [6.07, 6.45) is 4.43. The summed E-state index contributed by atoms with van der Waals surface area (Å²) in [5.74, 6) is 0.166. The van der Waals surface area contributed by atoms with Gasteiger partial charge in [0.1, 0.15) is 0 Å². The lowest BCUT2D eigenvalue weighted by atomic mass is 9.96. The average Bonchev–Trinajstić information content (AvgIpc) is 2.62. The van der Waals surface area contributed by atoms with Gasteiger partial charge < -0.3 is 15.5 Å². The van der Waals surface area contributed by atoms with Crippen molar-refractivity contribution < 1.29 is 9.59 Å². The second-order valence-corrected chi connectivity index (χ2v) is 7.58. The van der Waals surface area contributed by atoms with Crippen LogP contribution in [-0.2, 0) is 9.59 Å². The van der Waals surface area contributed by atoms with Crippen molar-refractivity contribution >= 4 is 29.1 Å². The number of anilines is 1. The number of nitrogens with zero attached hydrogens (tertiary/aromatic N) is 1. The van der Waals surface area contributed by atoms with Gasteiger partial charge in [-0.2, -0.15) is 0 Å². The molecule has 1 aliphatic heterocycles. The van der Waals surface area contributed by atoms with Gasteiger partial charge in [-0.25, -0.2) is 0 Å². The molecule has 2 N–H and O–H groups in total. The van der Waals surface area contributed by atoms with Crippen LogP contribution in [0, 0.1) is 5.92 Å². The summed E-state index contributed by atoms with van der Waals surface area (Å²) in [6, 6.07) is 7.32. The minimum atomic E-state index is -0.0181. The number of benzene rings is 1. The van der Waals surface area contributed by atoms with E-state index in [0.717, 1.165) is 44.5 Å². The molecular weight excluding hydrogens is 350 g/mol. The van der Waals surface area contributed by atoms with Crippen LogP contribution in [0.5, 0.6) is 0 Å². The first kappa shape index (κ1) is 20.7. The smallest absolute Gasteiger partial charge is 0.225 e. The van der Waals surface area contributed by atoms with Crippen LogP contribution >= 0.6 is 11.6 Å². The molecular formula is C20H30ClN3O2. The highest BCUT2D eigenvalue weighted by Crippen LogP contribution is 2.18. The minimum absolute atomic E-state index is 0.0181. The fourth-order valence-corrected chi connectivity index (χ4v) is 3.48. The Labute approximate surface area is 161 Å². The summed E-state index contributed by atoms with van der Waals surface area (Å²) in [5, 5.41) is 6.64. The van der Waals surface area contributed by atoms with Crippen molar-refractivity contribution in [1.29, 1.82) is 0 Å². The maximum absolute atomic E-state index is 12.4. The van der Waals surface area contributed by atoms with Crippen molar-refractivity contribution in [3.8, 4) is 0 Å². The summed E-state index contributed by atoms with van der Waals surface area (Å²) >= 11 is 5.85. The molecule has 1 fully saturated rings. The molecule has 1 saturated heterocycles. The lowest BCUT2D eigenvalue weighted by Crippen LogP contribution is -2.45. The lowest BCUT2D eigenvalue weighted by molar-refractivity contribution is -0.127. The Kier molecular flexibility index (Phi) is 8.39. The van der Waals surface area contributed by atoms with Gasteiger partial charge in [-0.3, -0.25) is 9.59 Å². The number of halogens is 1. The summed E-state index contributed by atoms with van der Waals surface area (Å²) < 4.78 is 0. The number of hydrogen-bond donors (Lipinski definition) is 2. The molecule has 2 amide bonds. The largest absolute Gasteiger partial charge is 0.353 e. The standard InChI is InChI=1S/C20H30ClN3O2/c1-3-5-15(2)22-20(26)16-6-4-12-24(14-16)13-11-19(25)23-18-9-7-17(21)8-10-18/h7-10,15-16H,3-6,11-14H2,1-2H3,(H,22,26)(H,23,25). The minimum Gasteiger partial charge on any atom is -0.353 e. The Morgan fingerprint density at radius 3 is 2.73 bits per heavy atom. The van der Waals surface area contributed by atoms with Gasteiger partial charge in [-0.15, -0.1) is 0 Å². The Balaban J connectivity index is 1.74. The SMILES string of the molecule is CCCC(C)NC(=O)C1CCCN(CCC(=O)Nc2ccc(Cl)cc2)C1. The molecule has 1 aliphatic rings. The van der Waals surface area contributed by atoms with Crippen LogP contribution in [0.3, 0.4) is 0 Å². The molecule has 2 atom stereocenters. The summed E-state index contributed by atoms with van der Waals surface area (Å²) in [4.78, 5) is 26.8. The lowest BCUT2D eigenvalue weighted by Gasteiger charge is -2.32. The predicted octanol–water partition coefficient (Wildman–Crippen LogP) is 3.69. The third-order valence-corrected chi connectivity index (χ3v) is 5.02. The summed E-state index contributed by atoms with van der Waals surface area (Å²) in [7, 11) is 0. The molecule has 0 radical (unpaired) electrons. The van der Waals surface area contributed by atoms with Crippen molar-refractivity contribution in [2.45, 2.75) is 52.0 Å². The van der Waals surface area contributed by atoms with E-state index in [0.29, 0.717) is 18.0 Å². The maximum Gasteiger partial charge on any atom is 0.225 e. The number of rotatable bonds is 8. The number of carbonyl (C=O) groups excluding carboxylic acids is 2. The third kappa shape index (κ3) is 6.96. The van der Waals surface area contributed by atoms with Crippen molar-refractivity contribution in [2.24, 2.45) is 5.92 Å². The van der Waals surface area contributed by atoms with Gasteiger partial charge in [0.2, 0.25) is 11.8 Å². The molecule has 0 bridgehead atoms. The highest BCUT2D eigenvalue weighted by molar-refractivity contribution is 6.30. The normalized spacial score (nSPS) is 19.0. The van der Waals surface area contributed by atoms with Crippen LogP contribution in [0.25, 0.3) is 0 Å². The quantitative estimate of drug-likeness (QED) is 0.724. The Hall–Kier alpha value is -1.59. The van der Waals surface area contributed by atoms with Gasteiger partial charge in [0.15, 0.2) is 0 Å². The molecule has 0 spiro atoms. The molecule has 0 aromatic heterocycles. The number of hydrogen-bond acceptors (Lipinski definition) is 3. The first-order chi connectivity index (χ1) is 12.5. The van der Waals surface area contributed by atoms with Gasteiger partial charge in [0.25, 0.3) is 0 Å². The summed E-state index contributed by atoms with van der Waals surface area (Å²) in [5.41, 5.74) is 0.750. The summed E-state index contributed by atoms with van der Waals surface area (Å²) in [6.45, 7) is 6.54. The number of amides is 2. The predicted molar refractivity (Wildman–Crippen MR) is 106 cm³/mol. The van der Waals surface area contributed by atoms with Gasteiger partial charge in [0, 0.05) is 36.3 Å². The van der Waals surface area contributed by atoms with E-state index in [2.05, 4.69) is 29.4 Å². The molecule has 6 heteroatoms. The topological polar surface area (TPSA) is 61.4 Å². The highest BCUT2D eigenvalue weighted by Gasteiger charge is 2.26. The van der Waals surface area contributed by atoms with E-state index in [4.69, 9.17) is 11.6 Å². The molecule has 5 nitrogen and oxygen atoms in total. The van der Waals surface area contributed by atoms with Crippen LogP contribution < -0.4 is 10.6 Å². The third-order valence-electron chi connectivity index (χ3n) is 4.77. The zero-order valence-electron chi connectivity index (χ0n) is 15.8. The van der Waals surface area contributed by atoms with Crippen LogP contribution in [0.2, 0.25) is 5.02 Å². The molecule has 2 unspecified atom stereocenters. The molecule has 26 heavy (non-hydrogen) atoms. The monoisotopic (exact) mass is 379 g/mol. The van der Waals surface area contributed by atoms with Crippen LogP contribution in [0.1, 0.15) is 46.0 Å². The van der Waals surface area contributed by atoms with Gasteiger partial charge in [-0.05, 0) is 57.0 Å². The van der Waals surface area contributed by atoms with Gasteiger partial charge in [-0.1, -0.05) is 24.9 Å². The van der Waals surface area contributed by atoms with Gasteiger partial charge in [0.05, 0.1) is 5.92 Å². The van der Waals surface area contributed by atoms with E-state index >= 15 is 0 Å². The number of nitrogens with one attached hydrogen (secondary N) is 2. The fourth-order valence-electron chi connectivity index (χ4n) is 3.35. The molecule has 0 aliphatic carbocycles. The maximum atomic E-state index is 12.4. The second-order valence-electron chi connectivity index (χ2n) is 7.14. The van der Waals surface area contributed by atoms with E-state index < -0.39 is 0 Å². The molecule has 1 aromatic rings. The Bertz CT molecular complexity index is 591. The van der Waals surface area contributed by atoms with Crippen molar-refractivity contribution in [2.75, 3.05) is 25.0 Å². The molecule has 0 saturated carbocycles. The van der Waals surface area contributed by atoms with Gasteiger partial charge >= 0.3 is 0 Å². The zero-order valence-corrected chi connectivity index (χ0v) is 16.5. The van der Waals surface area contributed by atoms with Crippen molar-refractivity contribution in [3.05, 3.63) is 29.3 Å². The molecule has 1 aromatic carbocycles. The first-order valence-corrected chi connectivity index (χ1v) is 9.94. The molecule has 144 valence electrons. The van der Waals surface area contributed by atoms with E-state index in [-0.39, 0.29) is 23.8 Å².